The molecule has 2 atom stereocenters. The second kappa shape index (κ2) is 7.66. The molecule has 0 amide bonds. The zero-order valence-corrected chi connectivity index (χ0v) is 16.0. The van der Waals surface area contributed by atoms with Crippen LogP contribution in [-0.4, -0.2) is 25.2 Å². The van der Waals surface area contributed by atoms with Gasteiger partial charge in [0.1, 0.15) is 0 Å². The molecule has 0 aromatic rings. The molecule has 138 valence electrons. The fourth-order valence-electron chi connectivity index (χ4n) is 7.21. The van der Waals surface area contributed by atoms with E-state index in [1.807, 2.05) is 0 Å². The van der Waals surface area contributed by atoms with E-state index in [2.05, 4.69) is 17.6 Å². The van der Waals surface area contributed by atoms with Crippen molar-refractivity contribution in [3.63, 3.8) is 0 Å². The summed E-state index contributed by atoms with van der Waals surface area (Å²) in [5.41, 5.74) is 0.550. The third-order valence-corrected chi connectivity index (χ3v) is 8.04. The maximum atomic E-state index is 4.02. The van der Waals surface area contributed by atoms with Gasteiger partial charge in [0.05, 0.1) is 0 Å². The van der Waals surface area contributed by atoms with E-state index in [0.717, 1.165) is 29.6 Å². The van der Waals surface area contributed by atoms with Gasteiger partial charge < -0.3 is 10.6 Å². The van der Waals surface area contributed by atoms with Crippen molar-refractivity contribution in [3.05, 3.63) is 0 Å². The average Bonchev–Trinajstić information content (AvgIpc) is 2.57. The lowest BCUT2D eigenvalue weighted by molar-refractivity contribution is -0.0192. The van der Waals surface area contributed by atoms with Crippen molar-refractivity contribution in [1.82, 2.24) is 10.6 Å². The zero-order chi connectivity index (χ0) is 16.4. The first kappa shape index (κ1) is 17.3. The van der Waals surface area contributed by atoms with Crippen LogP contribution in [0.15, 0.2) is 0 Å². The summed E-state index contributed by atoms with van der Waals surface area (Å²) in [7, 11) is 0. The first-order valence-electron chi connectivity index (χ1n) is 11.2. The number of nitrogens with one attached hydrogen (secondary N) is 2. The van der Waals surface area contributed by atoms with Gasteiger partial charge in [0.15, 0.2) is 0 Å². The molecule has 0 aromatic heterocycles. The van der Waals surface area contributed by atoms with E-state index in [1.54, 1.807) is 19.3 Å². The molecular formula is C22H40N2. The first-order chi connectivity index (χ1) is 11.7. The minimum absolute atomic E-state index is 0.550. The lowest BCUT2D eigenvalue weighted by Gasteiger charge is -2.57. The molecule has 0 aromatic carbocycles. The van der Waals surface area contributed by atoms with Gasteiger partial charge in [-0.15, -0.1) is 0 Å². The summed E-state index contributed by atoms with van der Waals surface area (Å²) >= 11 is 0. The molecule has 2 unspecified atom stereocenters. The van der Waals surface area contributed by atoms with Crippen LogP contribution in [0.3, 0.4) is 0 Å². The SMILES string of the molecule is CCC1CCCC(CCNCCNC23CC4CC(CC(C4)C2)C3)C1. The third kappa shape index (κ3) is 4.01. The highest BCUT2D eigenvalue weighted by Crippen LogP contribution is 2.55. The Morgan fingerprint density at radius 3 is 2.12 bits per heavy atom. The molecule has 0 heterocycles. The summed E-state index contributed by atoms with van der Waals surface area (Å²) in [6.07, 6.45) is 17.9. The number of rotatable bonds is 8. The van der Waals surface area contributed by atoms with Gasteiger partial charge in [-0.2, -0.15) is 0 Å². The lowest BCUT2D eigenvalue weighted by Crippen LogP contribution is -2.59. The second-order valence-corrected chi connectivity index (χ2v) is 9.97. The molecule has 0 radical (unpaired) electrons. The largest absolute Gasteiger partial charge is 0.315 e. The molecule has 5 saturated carbocycles. The standard InChI is InChI=1S/C22H40N2/c1-2-17-4-3-5-18(10-17)6-7-23-8-9-24-22-14-19-11-20(15-22)13-21(12-19)16-22/h17-21,23-24H,2-16H2,1H3. The molecule has 2 heteroatoms. The van der Waals surface area contributed by atoms with E-state index < -0.39 is 0 Å². The summed E-state index contributed by atoms with van der Waals surface area (Å²) in [5.74, 6) is 5.23. The normalized spacial score (nSPS) is 44.1. The Balaban J connectivity index is 1.11. The zero-order valence-electron chi connectivity index (χ0n) is 16.0. The van der Waals surface area contributed by atoms with Crippen molar-refractivity contribution in [2.45, 2.75) is 89.5 Å². The fourth-order valence-corrected chi connectivity index (χ4v) is 7.21. The van der Waals surface area contributed by atoms with Gasteiger partial charge >= 0.3 is 0 Å². The molecule has 5 aliphatic rings. The Bertz CT molecular complexity index is 369. The predicted molar refractivity (Wildman–Crippen MR) is 102 cm³/mol. The lowest BCUT2D eigenvalue weighted by atomic mass is 9.53. The van der Waals surface area contributed by atoms with Crippen molar-refractivity contribution < 1.29 is 0 Å². The molecular weight excluding hydrogens is 292 g/mol. The highest BCUT2D eigenvalue weighted by atomic mass is 15.0. The third-order valence-electron chi connectivity index (χ3n) is 8.04. The highest BCUT2D eigenvalue weighted by molar-refractivity contribution is 5.06. The maximum Gasteiger partial charge on any atom is 0.0190 e. The van der Waals surface area contributed by atoms with Gasteiger partial charge in [-0.05, 0) is 87.5 Å². The summed E-state index contributed by atoms with van der Waals surface area (Å²) in [6.45, 7) is 5.98. The number of hydrogen-bond acceptors (Lipinski definition) is 2. The Labute approximate surface area is 149 Å². The van der Waals surface area contributed by atoms with E-state index in [-0.39, 0.29) is 0 Å². The second-order valence-electron chi connectivity index (χ2n) is 9.97. The molecule has 0 spiro atoms. The van der Waals surface area contributed by atoms with Crippen molar-refractivity contribution >= 4 is 0 Å². The van der Waals surface area contributed by atoms with Gasteiger partial charge in [-0.3, -0.25) is 0 Å². The van der Waals surface area contributed by atoms with Crippen LogP contribution in [0.25, 0.3) is 0 Å². The van der Waals surface area contributed by atoms with E-state index in [9.17, 15) is 0 Å². The van der Waals surface area contributed by atoms with Crippen molar-refractivity contribution in [1.29, 1.82) is 0 Å². The Kier molecular flexibility index (Phi) is 5.53. The topological polar surface area (TPSA) is 24.1 Å². The average molecular weight is 333 g/mol. The van der Waals surface area contributed by atoms with Crippen molar-refractivity contribution in [3.8, 4) is 0 Å². The molecule has 5 fully saturated rings. The van der Waals surface area contributed by atoms with Gasteiger partial charge in [-0.1, -0.05) is 32.6 Å². The van der Waals surface area contributed by atoms with Gasteiger partial charge in [0.2, 0.25) is 0 Å². The Hall–Kier alpha value is -0.0800. The van der Waals surface area contributed by atoms with Crippen molar-refractivity contribution in [2.75, 3.05) is 19.6 Å². The van der Waals surface area contributed by atoms with Crippen LogP contribution in [0, 0.1) is 29.6 Å². The van der Waals surface area contributed by atoms with Gasteiger partial charge in [0.25, 0.3) is 0 Å². The van der Waals surface area contributed by atoms with E-state index >= 15 is 0 Å². The van der Waals surface area contributed by atoms with Crippen LogP contribution in [-0.2, 0) is 0 Å². The van der Waals surface area contributed by atoms with Gasteiger partial charge in [-0.25, -0.2) is 0 Å². The molecule has 5 aliphatic carbocycles. The molecule has 2 nitrogen and oxygen atoms in total. The van der Waals surface area contributed by atoms with Crippen molar-refractivity contribution in [2.24, 2.45) is 29.6 Å². The molecule has 2 N–H and O–H groups in total. The molecule has 0 saturated heterocycles. The van der Waals surface area contributed by atoms with Crippen LogP contribution < -0.4 is 10.6 Å². The van der Waals surface area contributed by atoms with Crippen LogP contribution in [0.1, 0.15) is 84.0 Å². The molecule has 4 bridgehead atoms. The highest BCUT2D eigenvalue weighted by Gasteiger charge is 2.50. The van der Waals surface area contributed by atoms with E-state index in [1.165, 1.54) is 77.4 Å². The maximum absolute atomic E-state index is 4.02. The molecule has 0 aliphatic heterocycles. The van der Waals surface area contributed by atoms with Crippen LogP contribution in [0.4, 0.5) is 0 Å². The van der Waals surface area contributed by atoms with Crippen LogP contribution in [0.5, 0.6) is 0 Å². The van der Waals surface area contributed by atoms with E-state index in [4.69, 9.17) is 0 Å². The summed E-state index contributed by atoms with van der Waals surface area (Å²) < 4.78 is 0. The molecule has 5 rings (SSSR count). The minimum Gasteiger partial charge on any atom is -0.315 e. The first-order valence-corrected chi connectivity index (χ1v) is 11.2. The quantitative estimate of drug-likeness (QED) is 0.627. The smallest absolute Gasteiger partial charge is 0.0190 e. The Morgan fingerprint density at radius 2 is 1.46 bits per heavy atom. The molecule has 24 heavy (non-hydrogen) atoms. The van der Waals surface area contributed by atoms with E-state index in [0.29, 0.717) is 5.54 Å². The Morgan fingerprint density at radius 1 is 0.792 bits per heavy atom. The predicted octanol–water partition coefficient (Wildman–Crippen LogP) is 4.74. The number of hydrogen-bond donors (Lipinski definition) is 2. The monoisotopic (exact) mass is 332 g/mol. The van der Waals surface area contributed by atoms with Crippen LogP contribution >= 0.6 is 0 Å². The summed E-state index contributed by atoms with van der Waals surface area (Å²) in [5, 5.41) is 7.76. The van der Waals surface area contributed by atoms with Gasteiger partial charge in [0, 0.05) is 18.6 Å². The minimum atomic E-state index is 0.550. The summed E-state index contributed by atoms with van der Waals surface area (Å²) in [4.78, 5) is 0. The fraction of sp³-hybridized carbons (Fsp3) is 1.00. The summed E-state index contributed by atoms with van der Waals surface area (Å²) in [6, 6.07) is 0. The van der Waals surface area contributed by atoms with Crippen LogP contribution in [0.2, 0.25) is 0 Å².